The van der Waals surface area contributed by atoms with Crippen LogP contribution in [0.25, 0.3) is 0 Å². The highest BCUT2D eigenvalue weighted by molar-refractivity contribution is 5.94. The van der Waals surface area contributed by atoms with Crippen LogP contribution >= 0.6 is 0 Å². The van der Waals surface area contributed by atoms with Crippen LogP contribution < -0.4 is 5.32 Å². The van der Waals surface area contributed by atoms with E-state index in [0.717, 1.165) is 0 Å². The van der Waals surface area contributed by atoms with Crippen molar-refractivity contribution in [2.24, 2.45) is 0 Å². The van der Waals surface area contributed by atoms with Crippen LogP contribution in [0.1, 0.15) is 26.5 Å². The van der Waals surface area contributed by atoms with Crippen molar-refractivity contribution in [2.75, 3.05) is 5.32 Å². The minimum absolute atomic E-state index is 0.0975. The summed E-state index contributed by atoms with van der Waals surface area (Å²) in [4.78, 5) is 14.7. The van der Waals surface area contributed by atoms with E-state index in [9.17, 15) is 18.0 Å². The van der Waals surface area contributed by atoms with E-state index >= 15 is 0 Å². The molecule has 0 atom stereocenters. The minimum atomic E-state index is -4.90. The Bertz CT molecular complexity index is 421. The molecule has 0 unspecified atom stereocenters. The number of pyridine rings is 1. The van der Waals surface area contributed by atoms with Gasteiger partial charge in [0.15, 0.2) is 0 Å². The summed E-state index contributed by atoms with van der Waals surface area (Å²) in [6, 6.07) is 4.57. The zero-order chi connectivity index (χ0) is 13.3. The Hall–Kier alpha value is -1.59. The molecule has 1 aromatic heterocycles. The van der Waals surface area contributed by atoms with Gasteiger partial charge in [-0.05, 0) is 12.1 Å². The van der Waals surface area contributed by atoms with E-state index in [0.29, 0.717) is 5.69 Å². The fraction of sp³-hybridized carbons (Fsp3) is 0.455. The first-order valence-corrected chi connectivity index (χ1v) is 4.96. The van der Waals surface area contributed by atoms with Crippen molar-refractivity contribution >= 4 is 11.7 Å². The highest BCUT2D eigenvalue weighted by atomic mass is 19.4. The van der Waals surface area contributed by atoms with Gasteiger partial charge < -0.3 is 5.32 Å². The number of alkyl halides is 3. The van der Waals surface area contributed by atoms with E-state index in [2.05, 4.69) is 4.98 Å². The van der Waals surface area contributed by atoms with Crippen molar-refractivity contribution in [3.63, 3.8) is 0 Å². The van der Waals surface area contributed by atoms with Gasteiger partial charge in [-0.1, -0.05) is 26.8 Å². The van der Waals surface area contributed by atoms with E-state index in [1.54, 1.807) is 17.4 Å². The first kappa shape index (κ1) is 13.5. The van der Waals surface area contributed by atoms with Gasteiger partial charge in [-0.2, -0.15) is 13.2 Å². The van der Waals surface area contributed by atoms with E-state index in [-0.39, 0.29) is 11.2 Å². The van der Waals surface area contributed by atoms with Crippen molar-refractivity contribution in [1.82, 2.24) is 4.98 Å². The summed E-state index contributed by atoms with van der Waals surface area (Å²) in [5.41, 5.74) is 0.316. The van der Waals surface area contributed by atoms with Crippen molar-refractivity contribution < 1.29 is 18.0 Å². The molecule has 0 radical (unpaired) electrons. The highest BCUT2D eigenvalue weighted by Crippen LogP contribution is 2.22. The van der Waals surface area contributed by atoms with Crippen LogP contribution in [0.4, 0.5) is 19.0 Å². The maximum atomic E-state index is 12.0. The molecule has 6 heteroatoms. The maximum Gasteiger partial charge on any atom is 0.471 e. The van der Waals surface area contributed by atoms with Crippen molar-refractivity contribution in [1.29, 1.82) is 0 Å². The zero-order valence-electron chi connectivity index (χ0n) is 9.72. The second kappa shape index (κ2) is 4.35. The number of nitrogens with one attached hydrogen (secondary N) is 1. The van der Waals surface area contributed by atoms with Gasteiger partial charge in [0.1, 0.15) is 5.82 Å². The molecule has 0 bridgehead atoms. The normalized spacial score (nSPS) is 12.4. The largest absolute Gasteiger partial charge is 0.471 e. The predicted octanol–water partition coefficient (Wildman–Crippen LogP) is 2.88. The molecule has 1 N–H and O–H groups in total. The van der Waals surface area contributed by atoms with Crippen molar-refractivity contribution in [3.8, 4) is 0 Å². The molecule has 1 heterocycles. The lowest BCUT2D eigenvalue weighted by Gasteiger charge is -2.18. The summed E-state index contributed by atoms with van der Waals surface area (Å²) in [5, 5.41) is 1.72. The second-order valence-corrected chi connectivity index (χ2v) is 4.61. The number of anilines is 1. The number of amides is 1. The zero-order valence-corrected chi connectivity index (χ0v) is 9.72. The molecule has 0 spiro atoms. The lowest BCUT2D eigenvalue weighted by Crippen LogP contribution is -2.30. The maximum absolute atomic E-state index is 12.0. The molecule has 1 aromatic rings. The van der Waals surface area contributed by atoms with Crippen LogP contribution in [0.15, 0.2) is 18.2 Å². The molecule has 94 valence electrons. The molecule has 0 aliphatic heterocycles. The number of rotatable bonds is 1. The van der Waals surface area contributed by atoms with Gasteiger partial charge in [0.25, 0.3) is 0 Å². The first-order valence-electron chi connectivity index (χ1n) is 4.96. The number of carbonyl (C=O) groups is 1. The van der Waals surface area contributed by atoms with E-state index < -0.39 is 12.1 Å². The highest BCUT2D eigenvalue weighted by Gasteiger charge is 2.38. The summed E-state index contributed by atoms with van der Waals surface area (Å²) < 4.78 is 36.1. The van der Waals surface area contributed by atoms with Crippen LogP contribution in [0.3, 0.4) is 0 Å². The van der Waals surface area contributed by atoms with E-state index in [1.165, 1.54) is 6.07 Å². The predicted molar refractivity (Wildman–Crippen MR) is 57.6 cm³/mol. The Balaban J connectivity index is 2.91. The number of carbonyl (C=O) groups excluding carboxylic acids is 1. The average Bonchev–Trinajstić information content (AvgIpc) is 2.15. The lowest BCUT2D eigenvalue weighted by atomic mass is 9.92. The molecular formula is C11H13F3N2O. The first-order chi connectivity index (χ1) is 7.60. The molecule has 0 fully saturated rings. The Morgan fingerprint density at radius 2 is 1.82 bits per heavy atom. The van der Waals surface area contributed by atoms with E-state index in [4.69, 9.17) is 0 Å². The Labute approximate surface area is 97.0 Å². The molecule has 0 aliphatic carbocycles. The molecule has 1 rings (SSSR count). The minimum Gasteiger partial charge on any atom is -0.303 e. The average molecular weight is 246 g/mol. The summed E-state index contributed by atoms with van der Waals surface area (Å²) in [5.74, 6) is -2.11. The van der Waals surface area contributed by atoms with Crippen LogP contribution in [0.2, 0.25) is 0 Å². The van der Waals surface area contributed by atoms with Gasteiger partial charge in [-0.3, -0.25) is 4.79 Å². The molecule has 0 aromatic carbocycles. The summed E-state index contributed by atoms with van der Waals surface area (Å²) in [6.45, 7) is 5.64. The molecule has 0 aliphatic rings. The van der Waals surface area contributed by atoms with Crippen molar-refractivity contribution in [2.45, 2.75) is 32.4 Å². The quantitative estimate of drug-likeness (QED) is 0.827. The van der Waals surface area contributed by atoms with Gasteiger partial charge in [0.2, 0.25) is 0 Å². The fourth-order valence-corrected chi connectivity index (χ4v) is 1.11. The summed E-state index contributed by atoms with van der Waals surface area (Å²) in [6.07, 6.45) is -4.90. The third-order valence-electron chi connectivity index (χ3n) is 2.02. The SMILES string of the molecule is CC(C)(C)c1cccc(NC(=O)C(F)(F)F)n1. The van der Waals surface area contributed by atoms with Gasteiger partial charge in [-0.25, -0.2) is 4.98 Å². The van der Waals surface area contributed by atoms with Crippen LogP contribution in [0.5, 0.6) is 0 Å². The topological polar surface area (TPSA) is 42.0 Å². The number of nitrogens with zero attached hydrogens (tertiary/aromatic N) is 1. The lowest BCUT2D eigenvalue weighted by molar-refractivity contribution is -0.167. The molecule has 1 amide bonds. The fourth-order valence-electron chi connectivity index (χ4n) is 1.11. The standard InChI is InChI=1S/C11H13F3N2O/c1-10(2,3)7-5-4-6-8(15-7)16-9(17)11(12,13)14/h4-6H,1-3H3,(H,15,16,17). The summed E-state index contributed by atoms with van der Waals surface area (Å²) >= 11 is 0. The molecular weight excluding hydrogens is 233 g/mol. The number of hydrogen-bond acceptors (Lipinski definition) is 2. The van der Waals surface area contributed by atoms with Crippen molar-refractivity contribution in [3.05, 3.63) is 23.9 Å². The summed E-state index contributed by atoms with van der Waals surface area (Å²) in [7, 11) is 0. The van der Waals surface area contributed by atoms with Gasteiger partial charge in [-0.15, -0.1) is 0 Å². The number of aromatic nitrogens is 1. The smallest absolute Gasteiger partial charge is 0.303 e. The van der Waals surface area contributed by atoms with Gasteiger partial charge in [0, 0.05) is 11.1 Å². The third-order valence-corrected chi connectivity index (χ3v) is 2.02. The Kier molecular flexibility index (Phi) is 3.45. The van der Waals surface area contributed by atoms with Gasteiger partial charge in [0.05, 0.1) is 0 Å². The Morgan fingerprint density at radius 1 is 1.24 bits per heavy atom. The molecule has 3 nitrogen and oxygen atoms in total. The second-order valence-electron chi connectivity index (χ2n) is 4.61. The molecule has 17 heavy (non-hydrogen) atoms. The van der Waals surface area contributed by atoms with Crippen LogP contribution in [-0.2, 0) is 10.2 Å². The van der Waals surface area contributed by atoms with E-state index in [1.807, 2.05) is 20.8 Å². The third kappa shape index (κ3) is 3.72. The monoisotopic (exact) mass is 246 g/mol. The molecule has 0 saturated carbocycles. The van der Waals surface area contributed by atoms with Crippen LogP contribution in [-0.4, -0.2) is 17.1 Å². The molecule has 0 saturated heterocycles. The number of halogens is 3. The Morgan fingerprint density at radius 3 is 2.29 bits per heavy atom. The van der Waals surface area contributed by atoms with Gasteiger partial charge >= 0.3 is 12.1 Å². The van der Waals surface area contributed by atoms with Crippen LogP contribution in [0, 0.1) is 0 Å². The number of hydrogen-bond donors (Lipinski definition) is 1.